The van der Waals surface area contributed by atoms with Gasteiger partial charge >= 0.3 is 5.97 Å². The number of ether oxygens (including phenoxy) is 2. The minimum atomic E-state index is -0.642. The Morgan fingerprint density at radius 2 is 2.45 bits per heavy atom. The predicted octanol–water partition coefficient (Wildman–Crippen LogP) is 1.59. The molecule has 5 nitrogen and oxygen atoms in total. The highest BCUT2D eigenvalue weighted by Gasteiger charge is 2.67. The van der Waals surface area contributed by atoms with Crippen molar-refractivity contribution in [3.8, 4) is 0 Å². The van der Waals surface area contributed by atoms with Crippen LogP contribution in [0.15, 0.2) is 29.7 Å². The lowest BCUT2D eigenvalue weighted by atomic mass is 9.77. The zero-order valence-electron chi connectivity index (χ0n) is 12.2. The van der Waals surface area contributed by atoms with Gasteiger partial charge < -0.3 is 14.4 Å². The van der Waals surface area contributed by atoms with E-state index in [9.17, 15) is 9.59 Å². The first kappa shape index (κ1) is 14.0. The average Bonchev–Trinajstić information content (AvgIpc) is 3.23. The lowest BCUT2D eigenvalue weighted by Crippen LogP contribution is -2.39. The van der Waals surface area contributed by atoms with E-state index in [0.717, 1.165) is 4.88 Å². The fourth-order valence-corrected chi connectivity index (χ4v) is 4.53. The molecule has 0 N–H and O–H groups in total. The standard InChI is InChI=1S/C16H17NO4S/c1-2-20-15(19)12-11-5-6-16(21-11)9-17(14(18)13(12)16)8-10-4-3-7-22-10/h3-7,11-13H,2,8-9H2,1H3/t11-,12+,13-,16+/m0/s1. The fraction of sp³-hybridized carbons (Fsp3) is 0.500. The highest BCUT2D eigenvalue weighted by molar-refractivity contribution is 7.09. The molecule has 2 saturated heterocycles. The summed E-state index contributed by atoms with van der Waals surface area (Å²) in [4.78, 5) is 28.0. The van der Waals surface area contributed by atoms with Gasteiger partial charge in [0, 0.05) is 4.88 Å². The monoisotopic (exact) mass is 319 g/mol. The number of thiophene rings is 1. The number of esters is 1. The molecule has 3 aliphatic rings. The zero-order chi connectivity index (χ0) is 15.3. The summed E-state index contributed by atoms with van der Waals surface area (Å²) in [7, 11) is 0. The predicted molar refractivity (Wildman–Crippen MR) is 80.1 cm³/mol. The van der Waals surface area contributed by atoms with E-state index in [1.807, 2.05) is 29.7 Å². The van der Waals surface area contributed by atoms with Crippen molar-refractivity contribution >= 4 is 23.2 Å². The molecule has 22 heavy (non-hydrogen) atoms. The van der Waals surface area contributed by atoms with Crippen LogP contribution in [0.25, 0.3) is 0 Å². The molecule has 2 fully saturated rings. The summed E-state index contributed by atoms with van der Waals surface area (Å²) < 4.78 is 11.2. The van der Waals surface area contributed by atoms with Crippen LogP contribution in [-0.2, 0) is 25.6 Å². The first-order valence-corrected chi connectivity index (χ1v) is 8.37. The number of hydrogen-bond acceptors (Lipinski definition) is 5. The van der Waals surface area contributed by atoms with Crippen LogP contribution in [0.3, 0.4) is 0 Å². The van der Waals surface area contributed by atoms with Crippen molar-refractivity contribution in [3.63, 3.8) is 0 Å². The quantitative estimate of drug-likeness (QED) is 0.625. The first-order chi connectivity index (χ1) is 10.6. The molecule has 116 valence electrons. The summed E-state index contributed by atoms with van der Waals surface area (Å²) in [5.41, 5.74) is -0.642. The Bertz CT molecular complexity index is 641. The molecule has 0 unspecified atom stereocenters. The summed E-state index contributed by atoms with van der Waals surface area (Å²) >= 11 is 1.63. The number of likely N-dealkylation sites (tertiary alicyclic amines) is 1. The topological polar surface area (TPSA) is 55.8 Å². The molecule has 4 heterocycles. The third-order valence-corrected chi connectivity index (χ3v) is 5.53. The maximum absolute atomic E-state index is 12.8. The van der Waals surface area contributed by atoms with Gasteiger partial charge in [-0.1, -0.05) is 18.2 Å². The van der Waals surface area contributed by atoms with E-state index >= 15 is 0 Å². The average molecular weight is 319 g/mol. The van der Waals surface area contributed by atoms with E-state index in [-0.39, 0.29) is 18.0 Å². The number of hydrogen-bond donors (Lipinski definition) is 0. The second kappa shape index (κ2) is 4.93. The largest absolute Gasteiger partial charge is 0.466 e. The van der Waals surface area contributed by atoms with E-state index < -0.39 is 17.4 Å². The van der Waals surface area contributed by atoms with Crippen LogP contribution >= 0.6 is 11.3 Å². The number of carbonyl (C=O) groups excluding carboxylic acids is 2. The molecule has 1 aromatic rings. The van der Waals surface area contributed by atoms with Crippen molar-refractivity contribution in [2.24, 2.45) is 11.8 Å². The van der Waals surface area contributed by atoms with Gasteiger partial charge in [-0.05, 0) is 18.4 Å². The Kier molecular flexibility index (Phi) is 3.13. The van der Waals surface area contributed by atoms with Crippen LogP contribution in [0.5, 0.6) is 0 Å². The van der Waals surface area contributed by atoms with Gasteiger partial charge in [-0.15, -0.1) is 11.3 Å². The molecular weight excluding hydrogens is 302 g/mol. The van der Waals surface area contributed by atoms with E-state index in [0.29, 0.717) is 19.7 Å². The van der Waals surface area contributed by atoms with Crippen LogP contribution in [0.2, 0.25) is 0 Å². The molecule has 1 amide bonds. The first-order valence-electron chi connectivity index (χ1n) is 7.49. The Hall–Kier alpha value is -1.66. The van der Waals surface area contributed by atoms with Crippen molar-refractivity contribution < 1.29 is 19.1 Å². The Balaban J connectivity index is 1.61. The van der Waals surface area contributed by atoms with Gasteiger partial charge in [-0.3, -0.25) is 9.59 Å². The number of amides is 1. The molecule has 1 spiro atoms. The molecule has 0 saturated carbocycles. The number of carbonyl (C=O) groups is 2. The van der Waals surface area contributed by atoms with Crippen molar-refractivity contribution in [1.29, 1.82) is 0 Å². The van der Waals surface area contributed by atoms with Gasteiger partial charge in [-0.25, -0.2) is 0 Å². The van der Waals surface area contributed by atoms with Crippen molar-refractivity contribution in [3.05, 3.63) is 34.5 Å². The SMILES string of the molecule is CCOC(=O)[C@@H]1[C@@H]2C=C[C@]3(CN(Cc4cccs4)C(=O)[C@H]13)O2. The normalized spacial score (nSPS) is 35.2. The van der Waals surface area contributed by atoms with Gasteiger partial charge in [0.1, 0.15) is 11.5 Å². The van der Waals surface area contributed by atoms with Crippen molar-refractivity contribution in [1.82, 2.24) is 4.90 Å². The smallest absolute Gasteiger partial charge is 0.312 e. The molecule has 3 aliphatic heterocycles. The molecule has 1 aromatic heterocycles. The third-order valence-electron chi connectivity index (χ3n) is 4.66. The van der Waals surface area contributed by atoms with Crippen LogP contribution in [0.1, 0.15) is 11.8 Å². The minimum Gasteiger partial charge on any atom is -0.466 e. The van der Waals surface area contributed by atoms with Crippen molar-refractivity contribution in [2.45, 2.75) is 25.2 Å². The molecular formula is C16H17NO4S. The zero-order valence-corrected chi connectivity index (χ0v) is 13.0. The molecule has 0 radical (unpaired) electrons. The minimum absolute atomic E-state index is 0.00157. The highest BCUT2D eigenvalue weighted by Crippen LogP contribution is 2.52. The second-order valence-corrected chi connectivity index (χ2v) is 6.96. The molecule has 6 heteroatoms. The van der Waals surface area contributed by atoms with Gasteiger partial charge in [0.2, 0.25) is 5.91 Å². The van der Waals surface area contributed by atoms with Crippen LogP contribution in [0, 0.1) is 11.8 Å². The Morgan fingerprint density at radius 1 is 1.59 bits per heavy atom. The maximum atomic E-state index is 12.8. The summed E-state index contributed by atoms with van der Waals surface area (Å²) in [5.74, 6) is -1.28. The van der Waals surface area contributed by atoms with E-state index in [4.69, 9.17) is 9.47 Å². The Labute approximate surface area is 132 Å². The summed E-state index contributed by atoms with van der Waals surface area (Å²) in [6.07, 6.45) is 3.54. The van der Waals surface area contributed by atoms with E-state index in [1.54, 1.807) is 23.2 Å². The van der Waals surface area contributed by atoms with Gasteiger partial charge in [0.05, 0.1) is 31.7 Å². The van der Waals surface area contributed by atoms with Crippen LogP contribution in [-0.4, -0.2) is 41.6 Å². The summed E-state index contributed by atoms with van der Waals surface area (Å²) in [6.45, 7) is 3.18. The fourth-order valence-electron chi connectivity index (χ4n) is 3.81. The van der Waals surface area contributed by atoms with E-state index in [2.05, 4.69) is 0 Å². The third kappa shape index (κ3) is 1.87. The molecule has 2 bridgehead atoms. The number of fused-ring (bicyclic) bond motifs is 1. The number of nitrogens with zero attached hydrogens (tertiary/aromatic N) is 1. The molecule has 0 aliphatic carbocycles. The lowest BCUT2D eigenvalue weighted by Gasteiger charge is -2.22. The number of rotatable bonds is 4. The molecule has 4 atom stereocenters. The molecule has 4 rings (SSSR count). The second-order valence-electron chi connectivity index (χ2n) is 5.93. The van der Waals surface area contributed by atoms with Gasteiger partial charge in [0.25, 0.3) is 0 Å². The lowest BCUT2D eigenvalue weighted by molar-refractivity contribution is -0.153. The van der Waals surface area contributed by atoms with Crippen molar-refractivity contribution in [2.75, 3.05) is 13.2 Å². The Morgan fingerprint density at radius 3 is 3.18 bits per heavy atom. The maximum Gasteiger partial charge on any atom is 0.312 e. The summed E-state index contributed by atoms with van der Waals surface area (Å²) in [6, 6.07) is 3.99. The van der Waals surface area contributed by atoms with Gasteiger partial charge in [-0.2, -0.15) is 0 Å². The van der Waals surface area contributed by atoms with E-state index in [1.165, 1.54) is 0 Å². The highest BCUT2D eigenvalue weighted by atomic mass is 32.1. The van der Waals surface area contributed by atoms with Gasteiger partial charge in [0.15, 0.2) is 0 Å². The van der Waals surface area contributed by atoms with Crippen LogP contribution < -0.4 is 0 Å². The molecule has 0 aromatic carbocycles. The van der Waals surface area contributed by atoms with Crippen LogP contribution in [0.4, 0.5) is 0 Å². The summed E-state index contributed by atoms with van der Waals surface area (Å²) in [5, 5.41) is 2.00.